The lowest BCUT2D eigenvalue weighted by Gasteiger charge is -2.39. The van der Waals surface area contributed by atoms with Gasteiger partial charge in [0.05, 0.1) is 11.0 Å². The maximum atomic E-state index is 13.6. The van der Waals surface area contributed by atoms with Crippen LogP contribution in [-0.2, 0) is 23.9 Å². The zero-order chi connectivity index (χ0) is 22.1. The fourth-order valence-electron chi connectivity index (χ4n) is 4.93. The molecular formula is C22H32F3N3O2. The lowest BCUT2D eigenvalue weighted by molar-refractivity contribution is -0.145. The summed E-state index contributed by atoms with van der Waals surface area (Å²) in [5, 5.41) is 12.7. The van der Waals surface area contributed by atoms with Crippen molar-refractivity contribution in [2.75, 3.05) is 13.2 Å². The van der Waals surface area contributed by atoms with Gasteiger partial charge in [0.2, 0.25) is 5.91 Å². The zero-order valence-electron chi connectivity index (χ0n) is 17.9. The summed E-state index contributed by atoms with van der Waals surface area (Å²) in [6, 6.07) is 1.51. The highest BCUT2D eigenvalue weighted by molar-refractivity contribution is 5.83. The van der Waals surface area contributed by atoms with Crippen molar-refractivity contribution in [1.82, 2.24) is 15.2 Å². The number of carbonyl (C=O) groups is 1. The number of aliphatic hydroxyl groups excluding tert-OH is 1. The van der Waals surface area contributed by atoms with E-state index in [-0.39, 0.29) is 37.1 Å². The second-order valence-corrected chi connectivity index (χ2v) is 9.13. The Kier molecular flexibility index (Phi) is 6.77. The molecule has 1 aliphatic carbocycles. The van der Waals surface area contributed by atoms with Crippen molar-refractivity contribution in [2.24, 2.45) is 11.3 Å². The van der Waals surface area contributed by atoms with Crippen LogP contribution in [-0.4, -0.2) is 46.1 Å². The van der Waals surface area contributed by atoms with Gasteiger partial charge < -0.3 is 15.3 Å². The number of hydrogen-bond acceptors (Lipinski definition) is 4. The zero-order valence-corrected chi connectivity index (χ0v) is 17.9. The first-order valence-corrected chi connectivity index (χ1v) is 10.8. The molecule has 0 spiro atoms. The fourth-order valence-corrected chi connectivity index (χ4v) is 4.93. The van der Waals surface area contributed by atoms with Crippen LogP contribution in [0.1, 0.15) is 63.3 Å². The Morgan fingerprint density at radius 3 is 2.77 bits per heavy atom. The van der Waals surface area contributed by atoms with Gasteiger partial charge in [0.25, 0.3) is 0 Å². The number of hydrogen-bond donors (Lipinski definition) is 2. The van der Waals surface area contributed by atoms with E-state index in [9.17, 15) is 18.0 Å². The molecule has 168 valence electrons. The van der Waals surface area contributed by atoms with Crippen molar-refractivity contribution in [2.45, 2.75) is 77.7 Å². The molecule has 3 atom stereocenters. The van der Waals surface area contributed by atoms with Gasteiger partial charge in [-0.3, -0.25) is 9.78 Å². The Balaban J connectivity index is 1.76. The summed E-state index contributed by atoms with van der Waals surface area (Å²) < 4.78 is 39.3. The van der Waals surface area contributed by atoms with Crippen LogP contribution in [0.4, 0.5) is 13.2 Å². The molecule has 3 rings (SSSR count). The Labute approximate surface area is 176 Å². The summed E-state index contributed by atoms with van der Waals surface area (Å²) in [4.78, 5) is 19.4. The number of fused-ring (bicyclic) bond motifs is 1. The quantitative estimate of drug-likeness (QED) is 0.729. The summed E-state index contributed by atoms with van der Waals surface area (Å²) >= 11 is 0. The predicted molar refractivity (Wildman–Crippen MR) is 108 cm³/mol. The van der Waals surface area contributed by atoms with Crippen molar-refractivity contribution < 1.29 is 23.1 Å². The summed E-state index contributed by atoms with van der Waals surface area (Å²) in [7, 11) is 0. The minimum Gasteiger partial charge on any atom is -0.396 e. The standard InChI is InChI=1S/C22H32F3N3O2/c1-14(2)21(7-4-18(11-21)27-15(3)6-9-29)20(30)28-8-5-19-16(13-28)10-17(12-26-19)22(23,24)25/h10,12,14-15,18,27,29H,4-9,11,13H2,1-3H3/t15?,18-,21+/m1/s1. The highest BCUT2D eigenvalue weighted by Gasteiger charge is 2.49. The van der Waals surface area contributed by atoms with Crippen molar-refractivity contribution in [3.63, 3.8) is 0 Å². The van der Waals surface area contributed by atoms with Gasteiger partial charge in [-0.25, -0.2) is 0 Å². The molecule has 2 N–H and O–H groups in total. The maximum Gasteiger partial charge on any atom is 0.417 e. The van der Waals surface area contributed by atoms with E-state index in [4.69, 9.17) is 5.11 Å². The molecule has 5 nitrogen and oxygen atoms in total. The summed E-state index contributed by atoms with van der Waals surface area (Å²) in [5.74, 6) is 0.172. The maximum absolute atomic E-state index is 13.6. The van der Waals surface area contributed by atoms with Crippen molar-refractivity contribution in [3.05, 3.63) is 29.1 Å². The second kappa shape index (κ2) is 8.83. The third-order valence-electron chi connectivity index (χ3n) is 6.82. The lowest BCUT2D eigenvalue weighted by atomic mass is 9.74. The van der Waals surface area contributed by atoms with Crippen LogP contribution >= 0.6 is 0 Å². The van der Waals surface area contributed by atoms with E-state index in [2.05, 4.69) is 24.1 Å². The fraction of sp³-hybridized carbons (Fsp3) is 0.727. The molecule has 1 fully saturated rings. The molecular weight excluding hydrogens is 395 g/mol. The first kappa shape index (κ1) is 23.0. The molecule has 1 aliphatic heterocycles. The van der Waals surface area contributed by atoms with Crippen LogP contribution in [0.2, 0.25) is 0 Å². The minimum atomic E-state index is -4.44. The first-order chi connectivity index (χ1) is 14.1. The highest BCUT2D eigenvalue weighted by atomic mass is 19.4. The van der Waals surface area contributed by atoms with Crippen molar-refractivity contribution in [3.8, 4) is 0 Å². The van der Waals surface area contributed by atoms with E-state index in [1.807, 2.05) is 6.92 Å². The third-order valence-corrected chi connectivity index (χ3v) is 6.82. The van der Waals surface area contributed by atoms with Crippen LogP contribution < -0.4 is 5.32 Å². The number of aromatic nitrogens is 1. The normalized spacial score (nSPS) is 25.5. The van der Waals surface area contributed by atoms with Crippen LogP contribution in [0.25, 0.3) is 0 Å². The Bertz CT molecular complexity index is 768. The number of nitrogens with one attached hydrogen (secondary N) is 1. The van der Waals surface area contributed by atoms with Gasteiger partial charge in [-0.15, -0.1) is 0 Å². The molecule has 1 unspecified atom stereocenters. The van der Waals surface area contributed by atoms with Gasteiger partial charge in [0.1, 0.15) is 0 Å². The van der Waals surface area contributed by atoms with Crippen molar-refractivity contribution in [1.29, 1.82) is 0 Å². The molecule has 1 aromatic rings. The molecule has 30 heavy (non-hydrogen) atoms. The topological polar surface area (TPSA) is 65.5 Å². The average molecular weight is 428 g/mol. The summed E-state index contributed by atoms with van der Waals surface area (Å²) in [6.45, 7) is 6.92. The molecule has 2 aliphatic rings. The summed E-state index contributed by atoms with van der Waals surface area (Å²) in [5.41, 5.74) is -0.137. The van der Waals surface area contributed by atoms with E-state index >= 15 is 0 Å². The molecule has 0 bridgehead atoms. The van der Waals surface area contributed by atoms with Gasteiger partial charge in [-0.2, -0.15) is 13.2 Å². The number of pyridine rings is 1. The summed E-state index contributed by atoms with van der Waals surface area (Å²) in [6.07, 6.45) is -0.0699. The van der Waals surface area contributed by atoms with Gasteiger partial charge in [-0.1, -0.05) is 13.8 Å². The number of nitrogens with zero attached hydrogens (tertiary/aromatic N) is 2. The van der Waals surface area contributed by atoms with E-state index in [0.29, 0.717) is 37.1 Å². The van der Waals surface area contributed by atoms with E-state index in [1.54, 1.807) is 4.90 Å². The third kappa shape index (κ3) is 4.64. The molecule has 2 heterocycles. The van der Waals surface area contributed by atoms with Gasteiger partial charge in [0, 0.05) is 50.1 Å². The number of rotatable bonds is 6. The number of halogens is 3. The van der Waals surface area contributed by atoms with Crippen LogP contribution in [0.15, 0.2) is 12.3 Å². The first-order valence-electron chi connectivity index (χ1n) is 10.8. The Morgan fingerprint density at radius 1 is 1.40 bits per heavy atom. The molecule has 0 saturated heterocycles. The Hall–Kier alpha value is -1.67. The predicted octanol–water partition coefficient (Wildman–Crippen LogP) is 3.54. The van der Waals surface area contributed by atoms with E-state index < -0.39 is 17.2 Å². The largest absolute Gasteiger partial charge is 0.417 e. The molecule has 1 saturated carbocycles. The second-order valence-electron chi connectivity index (χ2n) is 9.13. The van der Waals surface area contributed by atoms with Gasteiger partial charge >= 0.3 is 6.18 Å². The van der Waals surface area contributed by atoms with Crippen molar-refractivity contribution >= 4 is 5.91 Å². The van der Waals surface area contributed by atoms with Crippen LogP contribution in [0, 0.1) is 11.3 Å². The SMILES string of the molecule is CC(CCO)N[C@@H]1CC[C@@](C(=O)N2CCc3ncc(C(F)(F)F)cc3C2)(C(C)C)C1. The highest BCUT2D eigenvalue weighted by Crippen LogP contribution is 2.46. The van der Waals surface area contributed by atoms with Crippen LogP contribution in [0.5, 0.6) is 0 Å². The molecule has 1 aromatic heterocycles. The van der Waals surface area contributed by atoms with E-state index in [1.165, 1.54) is 0 Å². The number of aliphatic hydroxyl groups is 1. The van der Waals surface area contributed by atoms with E-state index in [0.717, 1.165) is 25.1 Å². The average Bonchev–Trinajstić information content (AvgIpc) is 3.11. The minimum absolute atomic E-state index is 0.0414. The van der Waals surface area contributed by atoms with Gasteiger partial charge in [-0.05, 0) is 50.2 Å². The number of carbonyl (C=O) groups excluding carboxylic acids is 1. The molecule has 8 heteroatoms. The number of alkyl halides is 3. The monoisotopic (exact) mass is 427 g/mol. The molecule has 1 amide bonds. The molecule has 0 radical (unpaired) electrons. The lowest BCUT2D eigenvalue weighted by Crippen LogP contribution is -2.48. The molecule has 0 aromatic carbocycles. The van der Waals surface area contributed by atoms with Gasteiger partial charge in [0.15, 0.2) is 0 Å². The van der Waals surface area contributed by atoms with Crippen LogP contribution in [0.3, 0.4) is 0 Å². The Morgan fingerprint density at radius 2 is 2.13 bits per heavy atom. The smallest absolute Gasteiger partial charge is 0.396 e. The number of amides is 1.